The first-order valence-corrected chi connectivity index (χ1v) is 17.7. The predicted octanol–water partition coefficient (Wildman–Crippen LogP) is 9.42. The molecule has 3 aromatic carbocycles. The Morgan fingerprint density at radius 1 is 0.960 bits per heavy atom. The lowest BCUT2D eigenvalue weighted by Crippen LogP contribution is -2.39. The summed E-state index contributed by atoms with van der Waals surface area (Å²) in [6.45, 7) is 17.7. The quantitative estimate of drug-likeness (QED) is 0.189. The van der Waals surface area contributed by atoms with Crippen LogP contribution in [0.2, 0.25) is 0 Å². The van der Waals surface area contributed by atoms with Gasteiger partial charge in [0.1, 0.15) is 17.3 Å². The summed E-state index contributed by atoms with van der Waals surface area (Å²) in [6, 6.07) is 21.0. The molecule has 1 aromatic heterocycles. The number of carbonyl (C=O) groups is 1. The van der Waals surface area contributed by atoms with E-state index < -0.39 is 17.7 Å². The van der Waals surface area contributed by atoms with E-state index in [0.29, 0.717) is 41.4 Å². The number of aryl methyl sites for hydroxylation is 2. The Morgan fingerprint density at radius 3 is 2.36 bits per heavy atom. The number of fused-ring (bicyclic) bond motifs is 1. The van der Waals surface area contributed by atoms with Gasteiger partial charge in [0.05, 0.1) is 11.3 Å². The second-order valence-corrected chi connectivity index (χ2v) is 15.6. The monoisotopic (exact) mass is 679 g/mol. The van der Waals surface area contributed by atoms with Gasteiger partial charge in [-0.15, -0.1) is 0 Å². The minimum atomic E-state index is -1.16. The summed E-state index contributed by atoms with van der Waals surface area (Å²) in [5.74, 6) is -0.0937. The van der Waals surface area contributed by atoms with Crippen molar-refractivity contribution in [1.29, 1.82) is 0 Å². The van der Waals surface area contributed by atoms with Gasteiger partial charge in [0.2, 0.25) is 0 Å². The maximum atomic E-state index is 15.2. The van der Waals surface area contributed by atoms with E-state index in [1.807, 2.05) is 71.0 Å². The normalized spacial score (nSPS) is 16.9. The first-order valence-electron chi connectivity index (χ1n) is 17.7. The van der Waals surface area contributed by atoms with Crippen molar-refractivity contribution in [1.82, 2.24) is 9.88 Å². The number of pyridine rings is 1. The molecule has 1 unspecified atom stereocenters. The van der Waals surface area contributed by atoms with Gasteiger partial charge in [-0.25, -0.2) is 9.18 Å². The Bertz CT molecular complexity index is 1860. The van der Waals surface area contributed by atoms with E-state index >= 15 is 4.39 Å². The third-order valence-electron chi connectivity index (χ3n) is 9.98. The number of benzene rings is 3. The number of halogens is 1. The van der Waals surface area contributed by atoms with Crippen LogP contribution in [0.15, 0.2) is 66.7 Å². The molecule has 264 valence electrons. The maximum Gasteiger partial charge on any atom is 0.337 e. The summed E-state index contributed by atoms with van der Waals surface area (Å²) >= 11 is 0. The third-order valence-corrected chi connectivity index (χ3v) is 9.98. The molecule has 0 aliphatic carbocycles. The van der Waals surface area contributed by atoms with Gasteiger partial charge in [-0.05, 0) is 100 Å². The van der Waals surface area contributed by atoms with Crippen LogP contribution in [0.1, 0.15) is 87.2 Å². The van der Waals surface area contributed by atoms with Crippen molar-refractivity contribution in [2.24, 2.45) is 5.41 Å². The van der Waals surface area contributed by atoms with Crippen LogP contribution >= 0.6 is 0 Å². The van der Waals surface area contributed by atoms with Gasteiger partial charge in [0, 0.05) is 60.8 Å². The first kappa shape index (κ1) is 35.6. The van der Waals surface area contributed by atoms with Crippen LogP contribution in [0, 0.1) is 25.1 Å². The standard InChI is InChI=1S/C42H50FN3O4/c1-27-36(38(46-22-19-42(6,7)20-23-46)37(28(2)44-27)39(40(47)48)50-41(3,4)5)30-16-17-31-25-45(21-18-29(31)24-30)26-33-34(43)14-11-15-35(33)49-32-12-9-8-10-13-32/h8-17,24,39H,18-23,25-26H2,1-7H3,(H,47,48). The fraction of sp³-hybridized carbons (Fsp3) is 0.429. The highest BCUT2D eigenvalue weighted by molar-refractivity contribution is 5.88. The van der Waals surface area contributed by atoms with Crippen molar-refractivity contribution in [2.75, 3.05) is 24.5 Å². The van der Waals surface area contributed by atoms with Crippen LogP contribution < -0.4 is 9.64 Å². The van der Waals surface area contributed by atoms with Gasteiger partial charge >= 0.3 is 5.97 Å². The minimum Gasteiger partial charge on any atom is -0.479 e. The summed E-state index contributed by atoms with van der Waals surface area (Å²) in [5, 5.41) is 10.5. The molecule has 7 nitrogen and oxygen atoms in total. The molecule has 8 heteroatoms. The molecule has 1 N–H and O–H groups in total. The van der Waals surface area contributed by atoms with E-state index in [0.717, 1.165) is 61.4 Å². The molecule has 6 rings (SSSR count). The molecule has 1 saturated heterocycles. The number of anilines is 1. The largest absolute Gasteiger partial charge is 0.479 e. The molecule has 0 radical (unpaired) electrons. The second kappa shape index (κ2) is 14.2. The zero-order chi connectivity index (χ0) is 35.8. The van der Waals surface area contributed by atoms with Crippen molar-refractivity contribution in [3.8, 4) is 22.6 Å². The Labute approximate surface area is 296 Å². The second-order valence-electron chi connectivity index (χ2n) is 15.6. The van der Waals surface area contributed by atoms with Crippen molar-refractivity contribution in [3.63, 3.8) is 0 Å². The predicted molar refractivity (Wildman–Crippen MR) is 196 cm³/mol. The maximum absolute atomic E-state index is 15.2. The molecule has 0 spiro atoms. The number of nitrogens with zero attached hydrogens (tertiary/aromatic N) is 3. The first-order chi connectivity index (χ1) is 23.7. The number of hydrogen-bond acceptors (Lipinski definition) is 6. The Balaban J connectivity index is 1.35. The molecule has 1 atom stereocenters. The Morgan fingerprint density at radius 2 is 1.68 bits per heavy atom. The van der Waals surface area contributed by atoms with Crippen LogP contribution in [0.4, 0.5) is 10.1 Å². The minimum absolute atomic E-state index is 0.219. The topological polar surface area (TPSA) is 75.1 Å². The number of aromatic nitrogens is 1. The molecule has 4 aromatic rings. The highest BCUT2D eigenvalue weighted by atomic mass is 19.1. The lowest BCUT2D eigenvalue weighted by Gasteiger charge is -2.41. The van der Waals surface area contributed by atoms with Crippen LogP contribution in [0.3, 0.4) is 0 Å². The number of hydrogen-bond donors (Lipinski definition) is 1. The average molecular weight is 680 g/mol. The number of ether oxygens (including phenoxy) is 2. The fourth-order valence-corrected chi connectivity index (χ4v) is 7.28. The Kier molecular flexibility index (Phi) is 10.1. The van der Waals surface area contributed by atoms with Crippen LogP contribution in [0.5, 0.6) is 11.5 Å². The summed E-state index contributed by atoms with van der Waals surface area (Å²) in [7, 11) is 0. The number of para-hydroxylation sites is 1. The lowest BCUT2D eigenvalue weighted by molar-refractivity contribution is -0.160. The molecule has 0 amide bonds. The van der Waals surface area contributed by atoms with Gasteiger partial charge in [-0.3, -0.25) is 9.88 Å². The molecule has 0 bridgehead atoms. The summed E-state index contributed by atoms with van der Waals surface area (Å²) < 4.78 is 27.6. The number of carboxylic acid groups (broad SMARTS) is 1. The Hall–Kier alpha value is -4.27. The number of carboxylic acids is 1. The number of aliphatic carboxylic acids is 1. The molecule has 0 saturated carbocycles. The van der Waals surface area contributed by atoms with E-state index in [4.69, 9.17) is 14.5 Å². The van der Waals surface area contributed by atoms with Gasteiger partial charge in [-0.1, -0.05) is 56.3 Å². The highest BCUT2D eigenvalue weighted by Gasteiger charge is 2.36. The van der Waals surface area contributed by atoms with Gasteiger partial charge in [-0.2, -0.15) is 0 Å². The fourth-order valence-electron chi connectivity index (χ4n) is 7.28. The van der Waals surface area contributed by atoms with Crippen molar-refractivity contribution in [3.05, 3.63) is 106 Å². The van der Waals surface area contributed by atoms with Gasteiger partial charge in [0.25, 0.3) is 0 Å². The van der Waals surface area contributed by atoms with Crippen LogP contribution in [-0.4, -0.2) is 46.2 Å². The smallest absolute Gasteiger partial charge is 0.337 e. The van der Waals surface area contributed by atoms with Gasteiger partial charge < -0.3 is 19.5 Å². The zero-order valence-electron chi connectivity index (χ0n) is 30.5. The van der Waals surface area contributed by atoms with E-state index in [9.17, 15) is 9.90 Å². The van der Waals surface area contributed by atoms with Crippen molar-refractivity contribution in [2.45, 2.75) is 92.5 Å². The van der Waals surface area contributed by atoms with Crippen molar-refractivity contribution < 1.29 is 23.8 Å². The summed E-state index contributed by atoms with van der Waals surface area (Å²) in [5.41, 5.74) is 7.62. The molecule has 2 aliphatic heterocycles. The third kappa shape index (κ3) is 7.87. The summed E-state index contributed by atoms with van der Waals surface area (Å²) in [6.07, 6.45) is 1.65. The van der Waals surface area contributed by atoms with Crippen molar-refractivity contribution >= 4 is 11.7 Å². The van der Waals surface area contributed by atoms with Gasteiger partial charge in [0.15, 0.2) is 6.10 Å². The SMILES string of the molecule is Cc1nc(C)c(C(OC(C)(C)C)C(=O)O)c(N2CCC(C)(C)CC2)c1-c1ccc2c(c1)CCN(Cc1c(F)cccc1Oc1ccccc1)C2. The molecular weight excluding hydrogens is 629 g/mol. The lowest BCUT2D eigenvalue weighted by atomic mass is 9.81. The molecule has 2 aliphatic rings. The zero-order valence-corrected chi connectivity index (χ0v) is 30.5. The van der Waals surface area contributed by atoms with E-state index in [2.05, 4.69) is 41.8 Å². The molecule has 50 heavy (non-hydrogen) atoms. The summed E-state index contributed by atoms with van der Waals surface area (Å²) in [4.78, 5) is 22.5. The molecule has 3 heterocycles. The molecular formula is C42H50FN3O4. The van der Waals surface area contributed by atoms with E-state index in [-0.39, 0.29) is 11.2 Å². The highest BCUT2D eigenvalue weighted by Crippen LogP contribution is 2.45. The number of piperidine rings is 1. The number of rotatable bonds is 9. The van der Waals surface area contributed by atoms with E-state index in [1.54, 1.807) is 6.07 Å². The van der Waals surface area contributed by atoms with Crippen LogP contribution in [-0.2, 0) is 29.0 Å². The van der Waals surface area contributed by atoms with E-state index in [1.165, 1.54) is 17.2 Å². The molecule has 1 fully saturated rings. The van der Waals surface area contributed by atoms with Crippen LogP contribution in [0.25, 0.3) is 11.1 Å². The average Bonchev–Trinajstić information content (AvgIpc) is 3.05.